The van der Waals surface area contributed by atoms with E-state index in [1.165, 1.54) is 24.3 Å². The number of likely N-dealkylation sites (tertiary alicyclic amines) is 1. The zero-order chi connectivity index (χ0) is 25.0. The van der Waals surface area contributed by atoms with Crippen molar-refractivity contribution in [3.63, 3.8) is 0 Å². The molecule has 182 valence electrons. The van der Waals surface area contributed by atoms with Crippen molar-refractivity contribution >= 4 is 27.8 Å². The van der Waals surface area contributed by atoms with Crippen LogP contribution < -0.4 is 5.73 Å². The summed E-state index contributed by atoms with van der Waals surface area (Å²) in [4.78, 5) is 13.8. The molecule has 1 saturated heterocycles. The van der Waals surface area contributed by atoms with Gasteiger partial charge >= 0.3 is 6.09 Å². The predicted octanol–water partition coefficient (Wildman–Crippen LogP) is 4.77. The van der Waals surface area contributed by atoms with Crippen LogP contribution in [0.5, 0.6) is 0 Å². The minimum atomic E-state index is -4.02. The van der Waals surface area contributed by atoms with Crippen LogP contribution in [-0.2, 0) is 14.9 Å². The van der Waals surface area contributed by atoms with Crippen LogP contribution in [-0.4, -0.2) is 48.7 Å². The number of halogens is 2. The van der Waals surface area contributed by atoms with Crippen molar-refractivity contribution in [3.05, 3.63) is 64.4 Å². The maximum Gasteiger partial charge on any atom is 0.410 e. The second kappa shape index (κ2) is 10.8. The molecule has 3 N–H and O–H groups in total. The molecule has 0 saturated carbocycles. The fraction of sp³-hybridized carbons (Fsp3) is 0.435. The second-order valence-corrected chi connectivity index (χ2v) is 10.8. The SMILES string of the molecule is CC(C)(C)OC(=O)N1CC[C@@H](N)[C@H](c2ccc(Cl)c(F)c2)C1.Cc1ccc(S(=O)(=O)O)cc1. The molecular weight excluding hydrogens is 471 g/mol. The lowest BCUT2D eigenvalue weighted by Gasteiger charge is -2.37. The van der Waals surface area contributed by atoms with E-state index < -0.39 is 21.5 Å². The van der Waals surface area contributed by atoms with Crippen molar-refractivity contribution in [2.45, 2.75) is 56.6 Å². The highest BCUT2D eigenvalue weighted by molar-refractivity contribution is 7.85. The maximum absolute atomic E-state index is 13.7. The van der Waals surface area contributed by atoms with Gasteiger partial charge in [0.2, 0.25) is 0 Å². The van der Waals surface area contributed by atoms with Gasteiger partial charge in [0, 0.05) is 25.0 Å². The molecule has 1 aliphatic heterocycles. The van der Waals surface area contributed by atoms with Gasteiger partial charge in [-0.2, -0.15) is 8.42 Å². The number of rotatable bonds is 2. The predicted molar refractivity (Wildman–Crippen MR) is 126 cm³/mol. The number of piperidine rings is 1. The van der Waals surface area contributed by atoms with E-state index in [-0.39, 0.29) is 28.0 Å². The van der Waals surface area contributed by atoms with E-state index in [0.29, 0.717) is 19.5 Å². The summed E-state index contributed by atoms with van der Waals surface area (Å²) in [5.74, 6) is -0.603. The van der Waals surface area contributed by atoms with Crippen LogP contribution in [0.25, 0.3) is 0 Å². The molecule has 0 aromatic heterocycles. The summed E-state index contributed by atoms with van der Waals surface area (Å²) in [7, 11) is -4.02. The number of carbonyl (C=O) groups is 1. The molecule has 2 aromatic carbocycles. The first kappa shape index (κ1) is 27.0. The van der Waals surface area contributed by atoms with Crippen LogP contribution in [0.15, 0.2) is 47.4 Å². The molecule has 1 aliphatic rings. The average molecular weight is 501 g/mol. The zero-order valence-electron chi connectivity index (χ0n) is 19.1. The number of carbonyl (C=O) groups excluding carboxylic acids is 1. The molecule has 0 unspecified atom stereocenters. The third-order valence-electron chi connectivity index (χ3n) is 5.01. The highest BCUT2D eigenvalue weighted by atomic mass is 35.5. The Bertz CT molecular complexity index is 1070. The lowest BCUT2D eigenvalue weighted by molar-refractivity contribution is 0.0186. The van der Waals surface area contributed by atoms with E-state index in [1.54, 1.807) is 23.1 Å². The van der Waals surface area contributed by atoms with Crippen molar-refractivity contribution < 1.29 is 26.9 Å². The zero-order valence-corrected chi connectivity index (χ0v) is 20.7. The molecule has 0 radical (unpaired) electrons. The number of aryl methyl sites for hydroxylation is 1. The largest absolute Gasteiger partial charge is 0.444 e. The van der Waals surface area contributed by atoms with Gasteiger partial charge in [-0.15, -0.1) is 0 Å². The van der Waals surface area contributed by atoms with Gasteiger partial charge in [0.25, 0.3) is 10.1 Å². The Morgan fingerprint density at radius 1 is 1.21 bits per heavy atom. The van der Waals surface area contributed by atoms with Crippen LogP contribution in [0.3, 0.4) is 0 Å². The van der Waals surface area contributed by atoms with Gasteiger partial charge in [0.05, 0.1) is 9.92 Å². The standard InChI is InChI=1S/C16H22ClFN2O2.C7H8O3S/c1-16(2,3)22-15(21)20-7-6-14(19)11(9-20)10-4-5-12(17)13(18)8-10;1-6-2-4-7(5-3-6)11(8,9)10/h4-5,8,11,14H,6-7,9,19H2,1-3H3;2-5H,1H3,(H,8,9,10)/t11-,14+;/m0./s1. The Hall–Kier alpha value is -2.20. The first-order chi connectivity index (χ1) is 15.2. The van der Waals surface area contributed by atoms with Crippen molar-refractivity contribution in [1.29, 1.82) is 0 Å². The van der Waals surface area contributed by atoms with Gasteiger partial charge in [-0.05, 0) is 63.9 Å². The van der Waals surface area contributed by atoms with Gasteiger partial charge in [0.1, 0.15) is 11.4 Å². The Morgan fingerprint density at radius 3 is 2.33 bits per heavy atom. The number of amides is 1. The third-order valence-corrected chi connectivity index (χ3v) is 6.18. The highest BCUT2D eigenvalue weighted by Crippen LogP contribution is 2.29. The van der Waals surface area contributed by atoms with Crippen LogP contribution in [0.1, 0.15) is 44.2 Å². The Balaban J connectivity index is 0.000000294. The molecule has 0 bridgehead atoms. The summed E-state index contributed by atoms with van der Waals surface area (Å²) in [5.41, 5.74) is 7.32. The minimum absolute atomic E-state index is 0.0666. The number of hydrogen-bond donors (Lipinski definition) is 2. The van der Waals surface area contributed by atoms with Crippen LogP contribution >= 0.6 is 11.6 Å². The molecule has 1 heterocycles. The Kier molecular flexibility index (Phi) is 8.87. The van der Waals surface area contributed by atoms with Crippen molar-refractivity contribution in [2.75, 3.05) is 13.1 Å². The monoisotopic (exact) mass is 500 g/mol. The van der Waals surface area contributed by atoms with Crippen molar-refractivity contribution in [1.82, 2.24) is 4.90 Å². The van der Waals surface area contributed by atoms with Crippen LogP contribution in [0.2, 0.25) is 5.02 Å². The molecule has 1 fully saturated rings. The Morgan fingerprint density at radius 2 is 1.82 bits per heavy atom. The van der Waals surface area contributed by atoms with Crippen molar-refractivity contribution in [3.8, 4) is 0 Å². The van der Waals surface area contributed by atoms with Gasteiger partial charge in [-0.3, -0.25) is 4.55 Å². The molecule has 3 rings (SSSR count). The number of hydrogen-bond acceptors (Lipinski definition) is 5. The third kappa shape index (κ3) is 8.26. The fourth-order valence-corrected chi connectivity index (χ4v) is 3.87. The fourth-order valence-electron chi connectivity index (χ4n) is 3.27. The maximum atomic E-state index is 13.7. The molecule has 7 nitrogen and oxygen atoms in total. The van der Waals surface area contributed by atoms with Gasteiger partial charge in [-0.1, -0.05) is 35.4 Å². The van der Waals surface area contributed by atoms with Crippen molar-refractivity contribution in [2.24, 2.45) is 5.73 Å². The average Bonchev–Trinajstić information content (AvgIpc) is 2.69. The lowest BCUT2D eigenvalue weighted by Crippen LogP contribution is -2.49. The second-order valence-electron chi connectivity index (χ2n) is 8.95. The smallest absolute Gasteiger partial charge is 0.410 e. The first-order valence-corrected chi connectivity index (χ1v) is 12.2. The summed E-state index contributed by atoms with van der Waals surface area (Å²) < 4.78 is 48.6. The quantitative estimate of drug-likeness (QED) is 0.574. The van der Waals surface area contributed by atoms with Gasteiger partial charge < -0.3 is 15.4 Å². The van der Waals surface area contributed by atoms with Crippen LogP contribution in [0.4, 0.5) is 9.18 Å². The molecule has 33 heavy (non-hydrogen) atoms. The van der Waals surface area contributed by atoms with Gasteiger partial charge in [0.15, 0.2) is 0 Å². The van der Waals surface area contributed by atoms with E-state index in [4.69, 9.17) is 26.6 Å². The van der Waals surface area contributed by atoms with E-state index in [1.807, 2.05) is 27.7 Å². The summed E-state index contributed by atoms with van der Waals surface area (Å²) in [5, 5.41) is 0.0807. The molecule has 0 spiro atoms. The summed E-state index contributed by atoms with van der Waals surface area (Å²) in [6.07, 6.45) is 0.285. The molecule has 2 atom stereocenters. The summed E-state index contributed by atoms with van der Waals surface area (Å²) in [6, 6.07) is 10.5. The van der Waals surface area contributed by atoms with Gasteiger partial charge in [-0.25, -0.2) is 9.18 Å². The molecule has 0 aliphatic carbocycles. The topological polar surface area (TPSA) is 110 Å². The Labute approximate surface area is 199 Å². The summed E-state index contributed by atoms with van der Waals surface area (Å²) in [6.45, 7) is 8.28. The number of nitrogens with two attached hydrogens (primary N) is 1. The van der Waals surface area contributed by atoms with E-state index in [2.05, 4.69) is 0 Å². The molecule has 10 heteroatoms. The highest BCUT2D eigenvalue weighted by Gasteiger charge is 2.32. The normalized spacial score (nSPS) is 18.8. The number of nitrogens with zero attached hydrogens (tertiary/aromatic N) is 1. The number of ether oxygens (including phenoxy) is 1. The van der Waals surface area contributed by atoms with Crippen LogP contribution in [0, 0.1) is 12.7 Å². The summed E-state index contributed by atoms with van der Waals surface area (Å²) >= 11 is 5.72. The van der Waals surface area contributed by atoms with E-state index >= 15 is 0 Å². The molecular formula is C23H30ClFN2O5S. The molecule has 1 amide bonds. The first-order valence-electron chi connectivity index (χ1n) is 10.4. The minimum Gasteiger partial charge on any atom is -0.444 e. The molecule has 2 aromatic rings. The number of benzene rings is 2. The van der Waals surface area contributed by atoms with E-state index in [9.17, 15) is 17.6 Å². The van der Waals surface area contributed by atoms with E-state index in [0.717, 1.165) is 11.1 Å². The lowest BCUT2D eigenvalue weighted by atomic mass is 9.86.